The van der Waals surface area contributed by atoms with Crippen LogP contribution in [0.2, 0.25) is 0 Å². The van der Waals surface area contributed by atoms with Gasteiger partial charge in [-0.2, -0.15) is 0 Å². The molecule has 3 atom stereocenters. The number of hydrogen-bond acceptors (Lipinski definition) is 3. The number of likely N-dealkylation sites (tertiary alicyclic amines) is 1. The van der Waals surface area contributed by atoms with Crippen molar-refractivity contribution in [2.75, 3.05) is 13.1 Å². The first kappa shape index (κ1) is 17.6. The van der Waals surface area contributed by atoms with Crippen molar-refractivity contribution in [3.05, 3.63) is 71.3 Å². The molecule has 4 rings (SSSR count). The van der Waals surface area contributed by atoms with Crippen LogP contribution in [0.25, 0.3) is 0 Å². The summed E-state index contributed by atoms with van der Waals surface area (Å²) >= 11 is 0. The normalized spacial score (nSPS) is 24.3. The van der Waals surface area contributed by atoms with E-state index in [1.807, 2.05) is 48.5 Å². The zero-order valence-electron chi connectivity index (χ0n) is 15.2. The van der Waals surface area contributed by atoms with Crippen molar-refractivity contribution < 1.29 is 14.3 Å². The molecule has 5 nitrogen and oxygen atoms in total. The van der Waals surface area contributed by atoms with E-state index in [9.17, 15) is 9.59 Å². The van der Waals surface area contributed by atoms with E-state index >= 15 is 0 Å². The van der Waals surface area contributed by atoms with Crippen molar-refractivity contribution in [2.24, 2.45) is 5.73 Å². The zero-order valence-corrected chi connectivity index (χ0v) is 15.2. The SMILES string of the molecule is NC(=O)N1CCC(OC(=O)C2CCc3ccccc32)C(c2ccccc2)C1. The van der Waals surface area contributed by atoms with E-state index in [0.717, 1.165) is 24.0 Å². The van der Waals surface area contributed by atoms with Gasteiger partial charge < -0.3 is 15.4 Å². The Balaban J connectivity index is 1.53. The molecule has 1 aliphatic heterocycles. The molecule has 27 heavy (non-hydrogen) atoms. The molecule has 0 aromatic heterocycles. The summed E-state index contributed by atoms with van der Waals surface area (Å²) in [5.74, 6) is -0.404. The largest absolute Gasteiger partial charge is 0.461 e. The quantitative estimate of drug-likeness (QED) is 0.850. The van der Waals surface area contributed by atoms with E-state index in [2.05, 4.69) is 6.07 Å². The Labute approximate surface area is 159 Å². The first-order valence-corrected chi connectivity index (χ1v) is 9.51. The third-order valence-corrected chi connectivity index (χ3v) is 5.77. The van der Waals surface area contributed by atoms with Gasteiger partial charge in [-0.25, -0.2) is 4.79 Å². The van der Waals surface area contributed by atoms with Crippen LogP contribution in [-0.4, -0.2) is 36.1 Å². The van der Waals surface area contributed by atoms with Crippen molar-refractivity contribution in [3.8, 4) is 0 Å². The molecule has 2 aromatic rings. The van der Waals surface area contributed by atoms with Crippen molar-refractivity contribution >= 4 is 12.0 Å². The lowest BCUT2D eigenvalue weighted by molar-refractivity contribution is -0.154. The predicted octanol–water partition coefficient (Wildman–Crippen LogP) is 3.20. The van der Waals surface area contributed by atoms with E-state index in [1.54, 1.807) is 4.90 Å². The first-order chi connectivity index (χ1) is 13.1. The minimum Gasteiger partial charge on any atom is -0.461 e. The van der Waals surface area contributed by atoms with Crippen LogP contribution in [0.4, 0.5) is 4.79 Å². The van der Waals surface area contributed by atoms with Crippen LogP contribution in [0.1, 0.15) is 41.4 Å². The van der Waals surface area contributed by atoms with E-state index in [1.165, 1.54) is 5.56 Å². The Morgan fingerprint density at radius 2 is 1.74 bits per heavy atom. The maximum absolute atomic E-state index is 12.9. The molecule has 1 heterocycles. The van der Waals surface area contributed by atoms with Gasteiger partial charge >= 0.3 is 12.0 Å². The number of rotatable bonds is 3. The lowest BCUT2D eigenvalue weighted by Gasteiger charge is -2.38. The molecule has 0 bridgehead atoms. The summed E-state index contributed by atoms with van der Waals surface area (Å²) in [5.41, 5.74) is 8.88. The molecule has 5 heteroatoms. The maximum Gasteiger partial charge on any atom is 0.314 e. The smallest absolute Gasteiger partial charge is 0.314 e. The molecule has 2 N–H and O–H groups in total. The molecule has 2 aromatic carbocycles. The molecule has 2 aliphatic rings. The van der Waals surface area contributed by atoms with Crippen LogP contribution in [0.5, 0.6) is 0 Å². The lowest BCUT2D eigenvalue weighted by atomic mass is 9.87. The zero-order chi connectivity index (χ0) is 18.8. The van der Waals surface area contributed by atoms with Gasteiger partial charge in [0.15, 0.2) is 0 Å². The van der Waals surface area contributed by atoms with Crippen LogP contribution in [0.3, 0.4) is 0 Å². The van der Waals surface area contributed by atoms with Crippen molar-refractivity contribution in [1.29, 1.82) is 0 Å². The predicted molar refractivity (Wildman–Crippen MR) is 102 cm³/mol. The van der Waals surface area contributed by atoms with Gasteiger partial charge in [-0.3, -0.25) is 4.79 Å². The van der Waals surface area contributed by atoms with Gasteiger partial charge in [0, 0.05) is 25.4 Å². The summed E-state index contributed by atoms with van der Waals surface area (Å²) in [6.45, 7) is 0.983. The minimum absolute atomic E-state index is 0.0620. The molecular formula is C22H24N2O3. The summed E-state index contributed by atoms with van der Waals surface area (Å²) in [7, 11) is 0. The van der Waals surface area contributed by atoms with E-state index in [0.29, 0.717) is 19.5 Å². The molecule has 1 aliphatic carbocycles. The number of aryl methyl sites for hydroxylation is 1. The fraction of sp³-hybridized carbons (Fsp3) is 0.364. The van der Waals surface area contributed by atoms with E-state index < -0.39 is 6.03 Å². The number of hydrogen-bond donors (Lipinski definition) is 1. The number of amides is 2. The van der Waals surface area contributed by atoms with Crippen LogP contribution in [0.15, 0.2) is 54.6 Å². The van der Waals surface area contributed by atoms with Gasteiger partial charge in [0.25, 0.3) is 0 Å². The topological polar surface area (TPSA) is 72.6 Å². The number of nitrogens with zero attached hydrogens (tertiary/aromatic N) is 1. The Morgan fingerprint density at radius 1 is 1.00 bits per heavy atom. The highest BCUT2D eigenvalue weighted by molar-refractivity contribution is 5.80. The van der Waals surface area contributed by atoms with Crippen LogP contribution in [-0.2, 0) is 16.0 Å². The Hall–Kier alpha value is -2.82. The number of carbonyl (C=O) groups excluding carboxylic acids is 2. The van der Waals surface area contributed by atoms with Gasteiger partial charge in [-0.1, -0.05) is 54.6 Å². The average molecular weight is 364 g/mol. The highest BCUT2D eigenvalue weighted by Crippen LogP contribution is 2.36. The molecule has 0 saturated carbocycles. The molecule has 2 amide bonds. The standard InChI is InChI=1S/C22H24N2O3/c23-22(26)24-13-12-20(19(14-24)15-6-2-1-3-7-15)27-21(25)18-11-10-16-8-4-5-9-17(16)18/h1-9,18-20H,10-14H2,(H2,23,26). The Morgan fingerprint density at radius 3 is 2.52 bits per heavy atom. The van der Waals surface area contributed by atoms with Gasteiger partial charge in [0.1, 0.15) is 6.10 Å². The number of fused-ring (bicyclic) bond motifs is 1. The number of urea groups is 1. The highest BCUT2D eigenvalue weighted by atomic mass is 16.5. The number of nitrogens with two attached hydrogens (primary N) is 1. The number of piperidine rings is 1. The molecule has 140 valence electrons. The molecule has 1 saturated heterocycles. The molecule has 0 spiro atoms. The fourth-order valence-electron chi connectivity index (χ4n) is 4.33. The third kappa shape index (κ3) is 3.54. The number of benzene rings is 2. The summed E-state index contributed by atoms with van der Waals surface area (Å²) in [5, 5.41) is 0. The number of primary amides is 1. The van der Waals surface area contributed by atoms with Crippen LogP contribution in [0, 0.1) is 0 Å². The number of ether oxygens (including phenoxy) is 1. The van der Waals surface area contributed by atoms with E-state index in [-0.39, 0.29) is 23.9 Å². The number of carbonyl (C=O) groups is 2. The van der Waals surface area contributed by atoms with Crippen LogP contribution >= 0.6 is 0 Å². The first-order valence-electron chi connectivity index (χ1n) is 9.51. The molecule has 0 radical (unpaired) electrons. The Bertz CT molecular complexity index is 836. The summed E-state index contributed by atoms with van der Waals surface area (Å²) in [6.07, 6.45) is 2.07. The maximum atomic E-state index is 12.9. The van der Waals surface area contributed by atoms with Crippen molar-refractivity contribution in [1.82, 2.24) is 4.90 Å². The monoisotopic (exact) mass is 364 g/mol. The van der Waals surface area contributed by atoms with Gasteiger partial charge in [-0.05, 0) is 29.5 Å². The highest BCUT2D eigenvalue weighted by Gasteiger charge is 2.37. The second-order valence-electron chi connectivity index (χ2n) is 7.36. The van der Waals surface area contributed by atoms with Crippen molar-refractivity contribution in [3.63, 3.8) is 0 Å². The summed E-state index contributed by atoms with van der Waals surface area (Å²) < 4.78 is 6.01. The van der Waals surface area contributed by atoms with Gasteiger partial charge in [0.2, 0.25) is 0 Å². The molecular weight excluding hydrogens is 340 g/mol. The Kier molecular flexibility index (Phi) is 4.84. The van der Waals surface area contributed by atoms with E-state index in [4.69, 9.17) is 10.5 Å². The second-order valence-corrected chi connectivity index (χ2v) is 7.36. The second kappa shape index (κ2) is 7.43. The average Bonchev–Trinajstić information content (AvgIpc) is 3.13. The third-order valence-electron chi connectivity index (χ3n) is 5.77. The fourth-order valence-corrected chi connectivity index (χ4v) is 4.33. The summed E-state index contributed by atoms with van der Waals surface area (Å²) in [4.78, 5) is 26.2. The molecule has 1 fully saturated rings. The van der Waals surface area contributed by atoms with Gasteiger partial charge in [0.05, 0.1) is 5.92 Å². The number of esters is 1. The molecule has 3 unspecified atom stereocenters. The van der Waals surface area contributed by atoms with Crippen molar-refractivity contribution in [2.45, 2.75) is 37.2 Å². The summed E-state index contributed by atoms with van der Waals surface area (Å²) in [6, 6.07) is 17.6. The lowest BCUT2D eigenvalue weighted by Crippen LogP contribution is -2.48. The minimum atomic E-state index is -0.426. The van der Waals surface area contributed by atoms with Crippen LogP contribution < -0.4 is 5.73 Å². The van der Waals surface area contributed by atoms with Gasteiger partial charge in [-0.15, -0.1) is 0 Å².